The van der Waals surface area contributed by atoms with Gasteiger partial charge in [0.05, 0.1) is 5.69 Å². The number of H-pyrrole nitrogens is 2. The fraction of sp³-hybridized carbons (Fsp3) is 0. The van der Waals surface area contributed by atoms with Gasteiger partial charge in [-0.05, 0) is 48.6 Å². The minimum absolute atomic E-state index is 0.299. The van der Waals surface area contributed by atoms with Crippen LogP contribution in [0.1, 0.15) is 0 Å². The summed E-state index contributed by atoms with van der Waals surface area (Å²) in [5.74, 6) is 1.45. The van der Waals surface area contributed by atoms with Crippen LogP contribution >= 0.6 is 12.2 Å². The second-order valence-electron chi connectivity index (χ2n) is 4.10. The van der Waals surface area contributed by atoms with Crippen LogP contribution in [0.4, 0.5) is 0 Å². The number of benzene rings is 2. The number of aromatic nitrogens is 3. The standard InChI is InChI=1S/C14H11N3O2S/c18-13-15-16-14(20)17(13)10-6-8-12(9-7-10)19-11-4-2-1-3-5-11/h1-9H,(H,15,18)(H,16,20). The Hall–Kier alpha value is -2.60. The molecule has 3 rings (SSSR count). The first kappa shape index (κ1) is 12.4. The van der Waals surface area contributed by atoms with Gasteiger partial charge < -0.3 is 4.74 Å². The zero-order valence-corrected chi connectivity index (χ0v) is 11.2. The van der Waals surface area contributed by atoms with Gasteiger partial charge in [-0.25, -0.2) is 14.5 Å². The summed E-state index contributed by atoms with van der Waals surface area (Å²) in [5, 5.41) is 5.04. The topological polar surface area (TPSA) is 62.8 Å². The van der Waals surface area contributed by atoms with Crippen molar-refractivity contribution in [2.45, 2.75) is 0 Å². The maximum atomic E-state index is 11.6. The van der Waals surface area contributed by atoms with Crippen molar-refractivity contribution >= 4 is 12.2 Å². The first-order chi connectivity index (χ1) is 9.74. The van der Waals surface area contributed by atoms with Gasteiger partial charge in [0.1, 0.15) is 11.5 Å². The highest BCUT2D eigenvalue weighted by Gasteiger charge is 2.04. The molecule has 3 aromatic rings. The van der Waals surface area contributed by atoms with Crippen LogP contribution in [0, 0.1) is 4.77 Å². The van der Waals surface area contributed by atoms with Crippen molar-refractivity contribution in [2.24, 2.45) is 0 Å². The Balaban J connectivity index is 1.89. The highest BCUT2D eigenvalue weighted by atomic mass is 32.1. The molecule has 0 atom stereocenters. The molecule has 2 N–H and O–H groups in total. The molecule has 1 aromatic heterocycles. The largest absolute Gasteiger partial charge is 0.457 e. The third-order valence-corrected chi connectivity index (χ3v) is 3.04. The molecule has 0 aliphatic rings. The van der Waals surface area contributed by atoms with Gasteiger partial charge >= 0.3 is 5.69 Å². The van der Waals surface area contributed by atoms with Crippen LogP contribution in [0.15, 0.2) is 59.4 Å². The van der Waals surface area contributed by atoms with Crippen molar-refractivity contribution < 1.29 is 4.74 Å². The predicted octanol–water partition coefficient (Wildman–Crippen LogP) is 3.02. The van der Waals surface area contributed by atoms with Gasteiger partial charge in [-0.1, -0.05) is 18.2 Å². The lowest BCUT2D eigenvalue weighted by atomic mass is 10.3. The zero-order chi connectivity index (χ0) is 13.9. The molecule has 0 radical (unpaired) electrons. The lowest BCUT2D eigenvalue weighted by molar-refractivity contribution is 0.482. The van der Waals surface area contributed by atoms with Crippen LogP contribution < -0.4 is 10.4 Å². The minimum Gasteiger partial charge on any atom is -0.457 e. The van der Waals surface area contributed by atoms with Gasteiger partial charge in [-0.3, -0.25) is 5.10 Å². The molecular weight excluding hydrogens is 274 g/mol. The number of para-hydroxylation sites is 1. The molecule has 100 valence electrons. The molecule has 20 heavy (non-hydrogen) atoms. The third kappa shape index (κ3) is 2.41. The quantitative estimate of drug-likeness (QED) is 0.727. The van der Waals surface area contributed by atoms with E-state index >= 15 is 0 Å². The number of ether oxygens (including phenoxy) is 1. The van der Waals surface area contributed by atoms with E-state index in [0.29, 0.717) is 16.2 Å². The summed E-state index contributed by atoms with van der Waals surface area (Å²) in [6.45, 7) is 0. The second kappa shape index (κ2) is 5.18. The molecular formula is C14H11N3O2S. The molecule has 0 amide bonds. The molecule has 1 heterocycles. The summed E-state index contributed by atoms with van der Waals surface area (Å²) in [4.78, 5) is 11.6. The van der Waals surface area contributed by atoms with E-state index in [-0.39, 0.29) is 5.69 Å². The Morgan fingerprint density at radius 3 is 2.15 bits per heavy atom. The summed E-state index contributed by atoms with van der Waals surface area (Å²) >= 11 is 5.04. The molecule has 0 spiro atoms. The Labute approximate surface area is 119 Å². The number of rotatable bonds is 3. The molecule has 0 bridgehead atoms. The van der Waals surface area contributed by atoms with Gasteiger partial charge in [0, 0.05) is 0 Å². The molecule has 0 aliphatic carbocycles. The average molecular weight is 285 g/mol. The van der Waals surface area contributed by atoms with Gasteiger partial charge in [-0.15, -0.1) is 0 Å². The fourth-order valence-electron chi connectivity index (χ4n) is 1.83. The van der Waals surface area contributed by atoms with Crippen molar-refractivity contribution in [2.75, 3.05) is 0 Å². The summed E-state index contributed by atoms with van der Waals surface area (Å²) in [6.07, 6.45) is 0. The Bertz CT molecular complexity index is 788. The van der Waals surface area contributed by atoms with Gasteiger partial charge in [0.2, 0.25) is 4.77 Å². The molecule has 0 unspecified atom stereocenters. The van der Waals surface area contributed by atoms with Crippen LogP contribution in [0.2, 0.25) is 0 Å². The van der Waals surface area contributed by atoms with Crippen LogP contribution in [0.3, 0.4) is 0 Å². The summed E-state index contributed by atoms with van der Waals surface area (Å²) in [5.41, 5.74) is 0.379. The highest BCUT2D eigenvalue weighted by Crippen LogP contribution is 2.21. The number of hydrogen-bond acceptors (Lipinski definition) is 3. The van der Waals surface area contributed by atoms with Gasteiger partial charge in [0.25, 0.3) is 0 Å². The van der Waals surface area contributed by atoms with E-state index in [1.165, 1.54) is 4.57 Å². The van der Waals surface area contributed by atoms with Crippen molar-refractivity contribution in [1.29, 1.82) is 0 Å². The maximum Gasteiger partial charge on any atom is 0.347 e. The van der Waals surface area contributed by atoms with Gasteiger partial charge in [-0.2, -0.15) is 0 Å². The normalized spacial score (nSPS) is 10.4. The van der Waals surface area contributed by atoms with Crippen LogP contribution in [-0.2, 0) is 0 Å². The Kier molecular flexibility index (Phi) is 3.22. The number of aromatic amines is 2. The molecule has 6 heteroatoms. The third-order valence-electron chi connectivity index (χ3n) is 2.76. The summed E-state index contributed by atoms with van der Waals surface area (Å²) in [6, 6.07) is 16.6. The van der Waals surface area contributed by atoms with E-state index in [2.05, 4.69) is 10.2 Å². The molecule has 5 nitrogen and oxygen atoms in total. The molecule has 0 saturated carbocycles. The predicted molar refractivity (Wildman–Crippen MR) is 78.1 cm³/mol. The lowest BCUT2D eigenvalue weighted by Crippen LogP contribution is -2.14. The number of nitrogens with zero attached hydrogens (tertiary/aromatic N) is 1. The van der Waals surface area contributed by atoms with Crippen molar-refractivity contribution in [3.05, 3.63) is 69.9 Å². The van der Waals surface area contributed by atoms with E-state index in [0.717, 1.165) is 5.75 Å². The van der Waals surface area contributed by atoms with E-state index in [4.69, 9.17) is 17.0 Å². The Morgan fingerprint density at radius 2 is 1.55 bits per heavy atom. The van der Waals surface area contributed by atoms with Crippen molar-refractivity contribution in [3.8, 4) is 17.2 Å². The first-order valence-electron chi connectivity index (χ1n) is 5.97. The smallest absolute Gasteiger partial charge is 0.347 e. The number of nitrogens with one attached hydrogen (secondary N) is 2. The molecule has 2 aromatic carbocycles. The SMILES string of the molecule is O=c1[nH][nH]c(=S)n1-c1ccc(Oc2ccccc2)cc1. The van der Waals surface area contributed by atoms with Crippen LogP contribution in [-0.4, -0.2) is 14.8 Å². The lowest BCUT2D eigenvalue weighted by Gasteiger charge is -2.06. The van der Waals surface area contributed by atoms with Gasteiger partial charge in [0.15, 0.2) is 0 Å². The van der Waals surface area contributed by atoms with Crippen molar-refractivity contribution in [3.63, 3.8) is 0 Å². The van der Waals surface area contributed by atoms with E-state index in [9.17, 15) is 4.79 Å². The maximum absolute atomic E-state index is 11.6. The van der Waals surface area contributed by atoms with E-state index in [1.54, 1.807) is 24.3 Å². The number of hydrogen-bond donors (Lipinski definition) is 2. The van der Waals surface area contributed by atoms with Crippen LogP contribution in [0.25, 0.3) is 5.69 Å². The Morgan fingerprint density at radius 1 is 0.900 bits per heavy atom. The average Bonchev–Trinajstić information content (AvgIpc) is 2.81. The van der Waals surface area contributed by atoms with Crippen LogP contribution in [0.5, 0.6) is 11.5 Å². The first-order valence-corrected chi connectivity index (χ1v) is 6.38. The highest BCUT2D eigenvalue weighted by molar-refractivity contribution is 7.71. The van der Waals surface area contributed by atoms with E-state index in [1.807, 2.05) is 30.3 Å². The summed E-state index contributed by atoms with van der Waals surface area (Å²) in [7, 11) is 0. The monoisotopic (exact) mass is 285 g/mol. The van der Waals surface area contributed by atoms with E-state index < -0.39 is 0 Å². The zero-order valence-electron chi connectivity index (χ0n) is 10.4. The fourth-order valence-corrected chi connectivity index (χ4v) is 2.07. The van der Waals surface area contributed by atoms with Crippen molar-refractivity contribution in [1.82, 2.24) is 14.8 Å². The summed E-state index contributed by atoms with van der Waals surface area (Å²) < 4.78 is 7.38. The second-order valence-corrected chi connectivity index (χ2v) is 4.49. The molecule has 0 saturated heterocycles. The minimum atomic E-state index is -0.299. The molecule has 0 aliphatic heterocycles. The molecule has 0 fully saturated rings.